The van der Waals surface area contributed by atoms with E-state index in [0.717, 1.165) is 32.1 Å². The zero-order valence-electron chi connectivity index (χ0n) is 19.1. The molecular weight excluding hydrogens is 406 g/mol. The average Bonchev–Trinajstić information content (AvgIpc) is 2.54. The molecule has 0 fully saturated rings. The molecule has 0 saturated carbocycles. The summed E-state index contributed by atoms with van der Waals surface area (Å²) < 4.78 is 49.8. The number of sulfone groups is 1. The number of hydrogen-bond donors (Lipinski definition) is 1. The van der Waals surface area contributed by atoms with Crippen LogP contribution in [0.1, 0.15) is 79.7 Å². The van der Waals surface area contributed by atoms with Crippen LogP contribution in [-0.2, 0) is 26.3 Å². The zero-order valence-corrected chi connectivity index (χ0v) is 20.7. The molecule has 0 saturated heterocycles. The fourth-order valence-electron chi connectivity index (χ4n) is 2.79. The maximum absolute atomic E-state index is 12.2. The number of sulfonamides is 1. The minimum Gasteiger partial charge on any atom is -0.283 e. The summed E-state index contributed by atoms with van der Waals surface area (Å²) in [6.07, 6.45) is 4.63. The maximum atomic E-state index is 12.2. The van der Waals surface area contributed by atoms with E-state index in [1.807, 2.05) is 24.3 Å². The Kier molecular flexibility index (Phi) is 8.79. The summed E-state index contributed by atoms with van der Waals surface area (Å²) in [5, 5.41) is 0. The van der Waals surface area contributed by atoms with Crippen LogP contribution in [0, 0.1) is 5.92 Å². The second-order valence-electron chi connectivity index (χ2n) is 10.0. The van der Waals surface area contributed by atoms with Crippen molar-refractivity contribution in [1.29, 1.82) is 0 Å². The van der Waals surface area contributed by atoms with Gasteiger partial charge < -0.3 is 0 Å². The Morgan fingerprint density at radius 3 is 1.86 bits per heavy atom. The van der Waals surface area contributed by atoms with Crippen molar-refractivity contribution in [3.8, 4) is 0 Å². The Bertz CT molecular complexity index is 844. The number of benzene rings is 1. The van der Waals surface area contributed by atoms with E-state index in [0.29, 0.717) is 11.6 Å². The molecule has 0 radical (unpaired) electrons. The van der Waals surface area contributed by atoms with Gasteiger partial charge in [0.25, 0.3) is 0 Å². The van der Waals surface area contributed by atoms with Crippen molar-refractivity contribution in [2.45, 2.75) is 90.1 Å². The van der Waals surface area contributed by atoms with Crippen LogP contribution in [0.4, 0.5) is 5.69 Å². The van der Waals surface area contributed by atoms with E-state index in [-0.39, 0.29) is 5.75 Å². The molecule has 1 N–H and O–H groups in total. The zero-order chi connectivity index (χ0) is 22.5. The molecular formula is C22H39NO4S2. The first kappa shape index (κ1) is 26.0. The van der Waals surface area contributed by atoms with Gasteiger partial charge in [0.05, 0.1) is 15.2 Å². The highest BCUT2D eigenvalue weighted by Gasteiger charge is 2.29. The van der Waals surface area contributed by atoms with Gasteiger partial charge in [-0.3, -0.25) is 4.72 Å². The number of rotatable bonds is 10. The summed E-state index contributed by atoms with van der Waals surface area (Å²) in [6.45, 7) is 12.5. The van der Waals surface area contributed by atoms with Crippen molar-refractivity contribution in [3.05, 3.63) is 29.8 Å². The lowest BCUT2D eigenvalue weighted by Gasteiger charge is -2.20. The fraction of sp³-hybridized carbons (Fsp3) is 0.727. The number of anilines is 1. The third-order valence-electron chi connectivity index (χ3n) is 5.14. The van der Waals surface area contributed by atoms with Crippen molar-refractivity contribution in [1.82, 2.24) is 0 Å². The number of unbranched alkanes of at least 4 members (excludes halogenated alkanes) is 2. The lowest BCUT2D eigenvalue weighted by molar-refractivity contribution is 0.491. The van der Waals surface area contributed by atoms with Crippen LogP contribution in [-0.4, -0.2) is 32.1 Å². The summed E-state index contributed by atoms with van der Waals surface area (Å²) >= 11 is 0. The van der Waals surface area contributed by atoms with E-state index in [9.17, 15) is 16.8 Å². The van der Waals surface area contributed by atoms with Gasteiger partial charge in [-0.05, 0) is 78.0 Å². The highest BCUT2D eigenvalue weighted by molar-refractivity contribution is 7.94. The Hall–Kier alpha value is -1.08. The third kappa shape index (κ3) is 8.28. The summed E-state index contributed by atoms with van der Waals surface area (Å²) in [6, 6.07) is 7.55. The van der Waals surface area contributed by atoms with Gasteiger partial charge in [-0.25, -0.2) is 16.8 Å². The van der Waals surface area contributed by atoms with Gasteiger partial charge >= 0.3 is 0 Å². The highest BCUT2D eigenvalue weighted by Crippen LogP contribution is 2.22. The van der Waals surface area contributed by atoms with E-state index >= 15 is 0 Å². The molecule has 0 unspecified atom stereocenters. The molecule has 1 aromatic rings. The first-order valence-electron chi connectivity index (χ1n) is 10.4. The van der Waals surface area contributed by atoms with Gasteiger partial charge in [0, 0.05) is 5.69 Å². The van der Waals surface area contributed by atoms with Crippen LogP contribution < -0.4 is 4.72 Å². The Morgan fingerprint density at radius 2 is 1.38 bits per heavy atom. The summed E-state index contributed by atoms with van der Waals surface area (Å²) in [7, 11) is -6.44. The van der Waals surface area contributed by atoms with Crippen molar-refractivity contribution in [2.75, 3.05) is 10.5 Å². The van der Waals surface area contributed by atoms with Crippen molar-refractivity contribution in [2.24, 2.45) is 5.92 Å². The predicted octanol–water partition coefficient (Wildman–Crippen LogP) is 5.18. The predicted molar refractivity (Wildman–Crippen MR) is 124 cm³/mol. The third-order valence-corrected chi connectivity index (χ3v) is 9.95. The minimum atomic E-state index is -3.42. The monoisotopic (exact) mass is 445 g/mol. The van der Waals surface area contributed by atoms with Gasteiger partial charge in [-0.2, -0.15) is 0 Å². The van der Waals surface area contributed by atoms with E-state index < -0.39 is 29.4 Å². The molecule has 1 atom stereocenters. The minimum absolute atomic E-state index is 0.261. The van der Waals surface area contributed by atoms with Gasteiger partial charge in [-0.1, -0.05) is 38.3 Å². The van der Waals surface area contributed by atoms with Crippen LogP contribution in [0.3, 0.4) is 0 Å². The molecule has 0 bridgehead atoms. The quantitative estimate of drug-likeness (QED) is 0.503. The molecule has 0 amide bonds. The number of nitrogens with one attached hydrogen (secondary N) is 1. The molecule has 0 aromatic heterocycles. The van der Waals surface area contributed by atoms with Crippen LogP contribution in [0.2, 0.25) is 0 Å². The SMILES string of the molecule is C[C@@H](CCCCCS(=O)(=O)C(C)(C)C)Cc1ccc(NS(=O)(=O)C(C)(C)C)cc1. The van der Waals surface area contributed by atoms with Gasteiger partial charge in [0.15, 0.2) is 9.84 Å². The lowest BCUT2D eigenvalue weighted by atomic mass is 9.95. The fourth-order valence-corrected chi connectivity index (χ4v) is 4.74. The summed E-state index contributed by atoms with van der Waals surface area (Å²) in [4.78, 5) is 0. The summed E-state index contributed by atoms with van der Waals surface area (Å²) in [5.41, 5.74) is 1.75. The average molecular weight is 446 g/mol. The van der Waals surface area contributed by atoms with Crippen LogP contribution in [0.15, 0.2) is 24.3 Å². The second-order valence-corrected chi connectivity index (χ2v) is 15.3. The smallest absolute Gasteiger partial charge is 0.237 e. The molecule has 0 heterocycles. The normalized spacial score (nSPS) is 14.6. The Balaban J connectivity index is 2.43. The van der Waals surface area contributed by atoms with Gasteiger partial charge in [0.2, 0.25) is 10.0 Å². The van der Waals surface area contributed by atoms with E-state index in [1.165, 1.54) is 5.56 Å². The molecule has 0 aliphatic heterocycles. The molecule has 0 spiro atoms. The molecule has 0 aliphatic rings. The van der Waals surface area contributed by atoms with Crippen LogP contribution >= 0.6 is 0 Å². The molecule has 7 heteroatoms. The van der Waals surface area contributed by atoms with Crippen molar-refractivity contribution in [3.63, 3.8) is 0 Å². The maximum Gasteiger partial charge on any atom is 0.237 e. The first-order chi connectivity index (χ1) is 13.1. The van der Waals surface area contributed by atoms with Crippen molar-refractivity contribution >= 4 is 25.5 Å². The van der Waals surface area contributed by atoms with E-state index in [1.54, 1.807) is 41.5 Å². The number of hydrogen-bond acceptors (Lipinski definition) is 4. The molecule has 29 heavy (non-hydrogen) atoms. The molecule has 5 nitrogen and oxygen atoms in total. The molecule has 168 valence electrons. The van der Waals surface area contributed by atoms with E-state index in [2.05, 4.69) is 11.6 Å². The largest absolute Gasteiger partial charge is 0.283 e. The lowest BCUT2D eigenvalue weighted by Crippen LogP contribution is -2.33. The second kappa shape index (κ2) is 9.82. The molecule has 1 rings (SSSR count). The topological polar surface area (TPSA) is 80.3 Å². The van der Waals surface area contributed by atoms with Crippen LogP contribution in [0.5, 0.6) is 0 Å². The van der Waals surface area contributed by atoms with Crippen LogP contribution in [0.25, 0.3) is 0 Å². The first-order valence-corrected chi connectivity index (χ1v) is 13.5. The Morgan fingerprint density at radius 1 is 0.828 bits per heavy atom. The molecule has 1 aromatic carbocycles. The van der Waals surface area contributed by atoms with Gasteiger partial charge in [-0.15, -0.1) is 0 Å². The van der Waals surface area contributed by atoms with E-state index in [4.69, 9.17) is 0 Å². The van der Waals surface area contributed by atoms with Gasteiger partial charge in [0.1, 0.15) is 0 Å². The standard InChI is InChI=1S/C22H39NO4S2/c1-18(11-9-8-10-16-28(24,25)21(2,3)4)17-19-12-14-20(15-13-19)23-29(26,27)22(5,6)7/h12-15,18,23H,8-11,16-17H2,1-7H3/t18-/m0/s1. The highest BCUT2D eigenvalue weighted by atomic mass is 32.2. The summed E-state index contributed by atoms with van der Waals surface area (Å²) in [5.74, 6) is 0.753. The molecule has 0 aliphatic carbocycles. The van der Waals surface area contributed by atoms with Crippen molar-refractivity contribution < 1.29 is 16.8 Å². The Labute approximate surface area is 178 Å².